The van der Waals surface area contributed by atoms with Crippen LogP contribution in [0.2, 0.25) is 0 Å². The Morgan fingerprint density at radius 3 is 2.90 bits per heavy atom. The number of benzene rings is 1. The van der Waals surface area contributed by atoms with Crippen LogP contribution in [0.15, 0.2) is 16.6 Å². The first-order chi connectivity index (χ1) is 14.3. The molecule has 0 saturated carbocycles. The number of carbonyl (C=O) groups excluding carboxylic acids is 2. The Morgan fingerprint density at radius 2 is 2.17 bits per heavy atom. The quantitative estimate of drug-likeness (QED) is 0.632. The second-order valence-corrected chi connectivity index (χ2v) is 7.87. The number of amides is 3. The largest absolute Gasteiger partial charge is 0.393 e. The van der Waals surface area contributed by atoms with Gasteiger partial charge in [-0.1, -0.05) is 0 Å². The number of anilines is 1. The van der Waals surface area contributed by atoms with Crippen LogP contribution in [0.1, 0.15) is 21.7 Å². The number of urea groups is 1. The Morgan fingerprint density at radius 1 is 1.40 bits per heavy atom. The normalized spacial score (nSPS) is 18.7. The number of aliphatic hydroxyl groups excluding tert-OH is 1. The Bertz CT molecular complexity index is 1030. The third kappa shape index (κ3) is 3.66. The molecule has 2 aliphatic heterocycles. The number of hydrogen-bond acceptors (Lipinski definition) is 5. The van der Waals surface area contributed by atoms with Gasteiger partial charge in [0.1, 0.15) is 23.4 Å². The third-order valence-electron chi connectivity index (χ3n) is 5.02. The Labute approximate surface area is 178 Å². The second-order valence-electron chi connectivity index (χ2n) is 7.02. The van der Waals surface area contributed by atoms with E-state index in [0.717, 1.165) is 11.1 Å². The average Bonchev–Trinajstić information content (AvgIpc) is 3.01. The van der Waals surface area contributed by atoms with Gasteiger partial charge >= 0.3 is 6.03 Å². The minimum Gasteiger partial charge on any atom is -0.393 e. The smallest absolute Gasteiger partial charge is 0.322 e. The van der Waals surface area contributed by atoms with Crippen LogP contribution in [0.3, 0.4) is 0 Å². The second kappa shape index (κ2) is 7.93. The van der Waals surface area contributed by atoms with Crippen molar-refractivity contribution in [3.05, 3.63) is 45.2 Å². The maximum atomic E-state index is 14.0. The summed E-state index contributed by atoms with van der Waals surface area (Å²) in [6.07, 6.45) is -0.221. The number of hydroxylamine groups is 2. The molecule has 2 aromatic rings. The molecule has 0 radical (unpaired) electrons. The summed E-state index contributed by atoms with van der Waals surface area (Å²) in [7, 11) is 1.45. The highest BCUT2D eigenvalue weighted by Gasteiger charge is 2.35. The van der Waals surface area contributed by atoms with Crippen molar-refractivity contribution in [2.75, 3.05) is 25.5 Å². The Kier molecular flexibility index (Phi) is 5.47. The molecule has 0 bridgehead atoms. The van der Waals surface area contributed by atoms with E-state index >= 15 is 0 Å². The van der Waals surface area contributed by atoms with Gasteiger partial charge in [0.05, 0.1) is 35.6 Å². The minimum atomic E-state index is -0.898. The van der Waals surface area contributed by atoms with Crippen LogP contribution in [-0.2, 0) is 24.3 Å². The number of hydrogen-bond donors (Lipinski definition) is 2. The lowest BCUT2D eigenvalue weighted by molar-refractivity contribution is -0.159. The molecular formula is C18H18BrF2N5O4. The first-order valence-electron chi connectivity index (χ1n) is 9.13. The topological polar surface area (TPSA) is 99.9 Å². The number of aliphatic hydroxyl groups is 1. The van der Waals surface area contributed by atoms with Crippen molar-refractivity contribution < 1.29 is 28.3 Å². The van der Waals surface area contributed by atoms with Crippen molar-refractivity contribution >= 4 is 33.6 Å². The maximum Gasteiger partial charge on any atom is 0.322 e. The fraction of sp³-hybridized carbons (Fsp3) is 0.389. The van der Waals surface area contributed by atoms with E-state index in [1.807, 2.05) is 0 Å². The van der Waals surface area contributed by atoms with Crippen LogP contribution in [0.4, 0.5) is 19.3 Å². The summed E-state index contributed by atoms with van der Waals surface area (Å²) < 4.78 is 28.9. The molecule has 1 atom stereocenters. The van der Waals surface area contributed by atoms with E-state index in [-0.39, 0.29) is 35.6 Å². The van der Waals surface area contributed by atoms with Gasteiger partial charge in [-0.05, 0) is 22.0 Å². The summed E-state index contributed by atoms with van der Waals surface area (Å²) in [6.45, 7) is 0.303. The number of fused-ring (bicyclic) bond motifs is 3. The first kappa shape index (κ1) is 20.7. The molecule has 1 unspecified atom stereocenters. The highest BCUT2D eigenvalue weighted by atomic mass is 79.9. The van der Waals surface area contributed by atoms with Crippen molar-refractivity contribution in [1.29, 1.82) is 0 Å². The SMILES string of the molecule is CN1OC(CO)Cn2nc3c(c2C1=O)CN(C(=O)Nc1cc(Br)c(F)cc1F)CC3. The first-order valence-corrected chi connectivity index (χ1v) is 9.92. The van der Waals surface area contributed by atoms with E-state index in [4.69, 9.17) is 4.84 Å². The summed E-state index contributed by atoms with van der Waals surface area (Å²) in [5.74, 6) is -2.11. The third-order valence-corrected chi connectivity index (χ3v) is 5.62. The highest BCUT2D eigenvalue weighted by molar-refractivity contribution is 9.10. The van der Waals surface area contributed by atoms with E-state index in [2.05, 4.69) is 26.3 Å². The van der Waals surface area contributed by atoms with E-state index in [0.29, 0.717) is 30.3 Å². The van der Waals surface area contributed by atoms with Crippen molar-refractivity contribution in [3.63, 3.8) is 0 Å². The van der Waals surface area contributed by atoms with Crippen LogP contribution in [-0.4, -0.2) is 63.1 Å². The zero-order chi connectivity index (χ0) is 21.6. The lowest BCUT2D eigenvalue weighted by Crippen LogP contribution is -2.40. The molecule has 9 nitrogen and oxygen atoms in total. The van der Waals surface area contributed by atoms with Gasteiger partial charge in [-0.3, -0.25) is 14.3 Å². The van der Waals surface area contributed by atoms with Gasteiger partial charge < -0.3 is 15.3 Å². The van der Waals surface area contributed by atoms with Gasteiger partial charge in [0, 0.05) is 31.6 Å². The Hall–Kier alpha value is -2.57. The summed E-state index contributed by atoms with van der Waals surface area (Å²) in [6, 6.07) is 1.24. The average molecular weight is 486 g/mol. The van der Waals surface area contributed by atoms with Crippen molar-refractivity contribution in [1.82, 2.24) is 19.7 Å². The lowest BCUT2D eigenvalue weighted by Gasteiger charge is -2.27. The van der Waals surface area contributed by atoms with Gasteiger partial charge in [-0.2, -0.15) is 5.10 Å². The van der Waals surface area contributed by atoms with Gasteiger partial charge in [-0.25, -0.2) is 18.6 Å². The zero-order valence-corrected chi connectivity index (χ0v) is 17.4. The van der Waals surface area contributed by atoms with Crippen LogP contribution < -0.4 is 5.32 Å². The van der Waals surface area contributed by atoms with Crippen molar-refractivity contribution in [3.8, 4) is 0 Å². The van der Waals surface area contributed by atoms with Crippen LogP contribution >= 0.6 is 15.9 Å². The maximum absolute atomic E-state index is 14.0. The number of nitrogens with zero attached hydrogens (tertiary/aromatic N) is 4. The molecule has 0 fully saturated rings. The highest BCUT2D eigenvalue weighted by Crippen LogP contribution is 2.28. The van der Waals surface area contributed by atoms with Crippen LogP contribution in [0.5, 0.6) is 0 Å². The molecular weight excluding hydrogens is 468 g/mol. The molecule has 3 amide bonds. The summed E-state index contributed by atoms with van der Waals surface area (Å²) >= 11 is 2.96. The van der Waals surface area contributed by atoms with Gasteiger partial charge in [0.2, 0.25) is 0 Å². The molecule has 1 aromatic carbocycles. The van der Waals surface area contributed by atoms with Gasteiger partial charge in [-0.15, -0.1) is 0 Å². The van der Waals surface area contributed by atoms with Crippen LogP contribution in [0, 0.1) is 11.6 Å². The molecule has 3 heterocycles. The molecule has 12 heteroatoms. The van der Waals surface area contributed by atoms with Gasteiger partial charge in [0.25, 0.3) is 5.91 Å². The monoisotopic (exact) mass is 485 g/mol. The lowest BCUT2D eigenvalue weighted by atomic mass is 10.1. The van der Waals surface area contributed by atoms with E-state index in [9.17, 15) is 23.5 Å². The van der Waals surface area contributed by atoms with Crippen molar-refractivity contribution in [2.45, 2.75) is 25.6 Å². The zero-order valence-electron chi connectivity index (χ0n) is 15.9. The van der Waals surface area contributed by atoms with E-state index in [1.165, 1.54) is 16.6 Å². The molecule has 0 aliphatic carbocycles. The molecule has 0 saturated heterocycles. The number of aromatic nitrogens is 2. The minimum absolute atomic E-state index is 0.0224. The fourth-order valence-electron chi connectivity index (χ4n) is 3.52. The fourth-order valence-corrected chi connectivity index (χ4v) is 3.87. The summed E-state index contributed by atoms with van der Waals surface area (Å²) in [5.41, 5.74) is 1.39. The number of rotatable bonds is 2. The Balaban J connectivity index is 1.58. The number of carbonyl (C=O) groups is 2. The predicted octanol–water partition coefficient (Wildman–Crippen LogP) is 1.89. The number of nitrogens with one attached hydrogen (secondary N) is 1. The molecule has 0 spiro atoms. The van der Waals surface area contributed by atoms with Crippen molar-refractivity contribution in [2.24, 2.45) is 0 Å². The van der Waals surface area contributed by atoms with E-state index in [1.54, 1.807) is 0 Å². The van der Waals surface area contributed by atoms with Crippen LogP contribution in [0.25, 0.3) is 0 Å². The predicted molar refractivity (Wildman–Crippen MR) is 103 cm³/mol. The summed E-state index contributed by atoms with van der Waals surface area (Å²) in [4.78, 5) is 32.3. The van der Waals surface area contributed by atoms with E-state index < -0.39 is 29.7 Å². The molecule has 2 N–H and O–H groups in total. The molecule has 4 rings (SSSR count). The molecule has 160 valence electrons. The van der Waals surface area contributed by atoms with Gasteiger partial charge in [0.15, 0.2) is 0 Å². The summed E-state index contributed by atoms with van der Waals surface area (Å²) in [5, 5.41) is 17.4. The number of halogens is 3. The molecule has 1 aromatic heterocycles. The standard InChI is InChI=1S/C18H18BrF2N5O4/c1-24-17(28)16-10-7-25(3-2-14(10)23-26(16)6-9(8-27)30-24)18(29)22-15-4-11(19)12(20)5-13(15)21/h4-5,9,27H,2-3,6-8H2,1H3,(H,22,29). The molecule has 30 heavy (non-hydrogen) atoms. The molecule has 2 aliphatic rings.